The Hall–Kier alpha value is -3.21. The first-order chi connectivity index (χ1) is 21.4. The van der Waals surface area contributed by atoms with Gasteiger partial charge in [-0.3, -0.25) is 19.2 Å². The second kappa shape index (κ2) is 13.7. The molecule has 0 bridgehead atoms. The fourth-order valence-corrected chi connectivity index (χ4v) is 7.92. The lowest BCUT2D eigenvalue weighted by molar-refractivity contribution is -0.143. The van der Waals surface area contributed by atoms with Crippen molar-refractivity contribution in [3.05, 3.63) is 11.8 Å². The van der Waals surface area contributed by atoms with Crippen molar-refractivity contribution >= 4 is 39.6 Å². The van der Waals surface area contributed by atoms with Gasteiger partial charge < -0.3 is 26.2 Å². The zero-order valence-electron chi connectivity index (χ0n) is 28.1. The van der Waals surface area contributed by atoms with E-state index in [1.165, 1.54) is 9.21 Å². The highest BCUT2D eigenvalue weighted by Gasteiger charge is 2.69. The molecule has 13 nitrogen and oxygen atoms in total. The molecular weight excluding hydrogens is 645 g/mol. The summed E-state index contributed by atoms with van der Waals surface area (Å²) >= 11 is 0. The van der Waals surface area contributed by atoms with Gasteiger partial charge in [0.05, 0.1) is 17.9 Å². The summed E-state index contributed by atoms with van der Waals surface area (Å²) in [6.07, 6.45) is -5.39. The number of ketones is 1. The number of nitrogens with one attached hydrogen (secondary N) is 4. The third kappa shape index (κ3) is 8.83. The number of sulfonamides is 1. The number of alkyl halides is 3. The first-order valence-corrected chi connectivity index (χ1v) is 17.2. The Morgan fingerprint density at radius 2 is 1.66 bits per heavy atom. The molecular formula is C30H47F3N6O7S. The predicted molar refractivity (Wildman–Crippen MR) is 166 cm³/mol. The van der Waals surface area contributed by atoms with Crippen molar-refractivity contribution in [1.29, 1.82) is 0 Å². The molecule has 1 saturated carbocycles. The van der Waals surface area contributed by atoms with Crippen molar-refractivity contribution in [3.63, 3.8) is 0 Å². The molecule has 0 aromatic rings. The molecule has 3 rings (SSSR count). The van der Waals surface area contributed by atoms with Gasteiger partial charge in [-0.1, -0.05) is 48.5 Å². The molecule has 47 heavy (non-hydrogen) atoms. The van der Waals surface area contributed by atoms with Crippen LogP contribution in [0.3, 0.4) is 0 Å². The summed E-state index contributed by atoms with van der Waals surface area (Å²) in [5.74, 6) is -4.79. The normalized spacial score (nSPS) is 25.1. The molecule has 1 aliphatic carbocycles. The molecule has 5 amide bonds. The Morgan fingerprint density at radius 1 is 1.04 bits per heavy atom. The Balaban J connectivity index is 1.85. The number of nitrogens with zero attached hydrogens (tertiary/aromatic N) is 2. The standard InChI is InChI=1S/C30H47F3N6O7S/c1-16(2)19(15-38-12-9-13-47(38,45)46)36-27(44)37-23(28(3,4)5)26(43)39-14-17-20(29(17,6)7)21(39)24(41)35-18(10-11-30(31,32)33)22(40)25(42)34-8/h10,16-17,19-21,23H,9,11-15H2,1-8H3,(H,34,42)(H,35,41)(H2,36,37,44)/t17-,19+,20-,21-,23+/m0/s1. The highest BCUT2D eigenvalue weighted by molar-refractivity contribution is 7.89. The maximum absolute atomic E-state index is 14.2. The van der Waals surface area contributed by atoms with E-state index in [9.17, 15) is 45.6 Å². The molecule has 0 aromatic heterocycles. The average molecular weight is 693 g/mol. The van der Waals surface area contributed by atoms with Crippen molar-refractivity contribution in [3.8, 4) is 0 Å². The molecule has 266 valence electrons. The Morgan fingerprint density at radius 3 is 2.15 bits per heavy atom. The summed E-state index contributed by atoms with van der Waals surface area (Å²) in [6, 6.07) is -3.66. The van der Waals surface area contributed by atoms with Gasteiger partial charge in [0.25, 0.3) is 11.7 Å². The SMILES string of the molecule is CNC(=O)C(=O)C(=CCC(F)(F)F)NC(=O)[C@@H]1[C@@H]2[C@H](CN1C(=O)[C@@H](NC(=O)N[C@H](CN1CCCS1(=O)=O)C(C)C)C(C)(C)C)C2(C)C. The molecule has 17 heteroatoms. The number of carbonyl (C=O) groups is 5. The topological polar surface area (TPSA) is 174 Å². The smallest absolute Gasteiger partial charge is 0.352 e. The number of hydrogen-bond donors (Lipinski definition) is 4. The number of amides is 5. The molecule has 3 fully saturated rings. The van der Waals surface area contributed by atoms with E-state index in [1.807, 2.05) is 33.0 Å². The molecule has 3 aliphatic rings. The number of carbonyl (C=O) groups excluding carboxylic acids is 5. The highest BCUT2D eigenvalue weighted by atomic mass is 32.2. The molecule has 2 saturated heterocycles. The molecule has 5 atom stereocenters. The van der Waals surface area contributed by atoms with E-state index in [0.29, 0.717) is 19.0 Å². The molecule has 0 aromatic carbocycles. The second-order valence-electron chi connectivity index (χ2n) is 14.5. The molecule has 0 radical (unpaired) electrons. The molecule has 2 heterocycles. The number of Topliss-reactive ketones (excluding diaryl/α,β-unsaturated/α-hetero) is 1. The quantitative estimate of drug-likeness (QED) is 0.188. The van der Waals surface area contributed by atoms with Crippen molar-refractivity contribution in [2.45, 2.75) is 85.6 Å². The average Bonchev–Trinajstić information content (AvgIpc) is 3.24. The summed E-state index contributed by atoms with van der Waals surface area (Å²) in [5, 5.41) is 9.72. The number of urea groups is 1. The fraction of sp³-hybridized carbons (Fsp3) is 0.767. The van der Waals surface area contributed by atoms with Gasteiger partial charge >= 0.3 is 12.2 Å². The maximum Gasteiger partial charge on any atom is 0.392 e. The van der Waals surface area contributed by atoms with Crippen molar-refractivity contribution in [2.24, 2.45) is 28.6 Å². The minimum atomic E-state index is -4.72. The summed E-state index contributed by atoms with van der Waals surface area (Å²) < 4.78 is 65.1. The summed E-state index contributed by atoms with van der Waals surface area (Å²) in [6.45, 7) is 13.1. The maximum atomic E-state index is 14.2. The van der Waals surface area contributed by atoms with Gasteiger partial charge in [-0.25, -0.2) is 13.2 Å². The number of likely N-dealkylation sites (tertiary alicyclic amines) is 1. The number of allylic oxidation sites excluding steroid dienone is 1. The zero-order chi connectivity index (χ0) is 35.9. The second-order valence-corrected chi connectivity index (χ2v) is 16.6. The van der Waals surface area contributed by atoms with Crippen LogP contribution in [0.4, 0.5) is 18.0 Å². The largest absolute Gasteiger partial charge is 0.392 e. The van der Waals surface area contributed by atoms with E-state index in [2.05, 4.69) is 16.0 Å². The molecule has 2 aliphatic heterocycles. The lowest BCUT2D eigenvalue weighted by Crippen LogP contribution is -2.61. The molecule has 4 N–H and O–H groups in total. The van der Waals surface area contributed by atoms with Crippen molar-refractivity contribution in [1.82, 2.24) is 30.5 Å². The van der Waals surface area contributed by atoms with E-state index in [4.69, 9.17) is 0 Å². The van der Waals surface area contributed by atoms with Crippen LogP contribution < -0.4 is 21.3 Å². The summed E-state index contributed by atoms with van der Waals surface area (Å²) in [4.78, 5) is 67.0. The lowest BCUT2D eigenvalue weighted by atomic mass is 9.85. The van der Waals surface area contributed by atoms with Crippen LogP contribution in [0.25, 0.3) is 0 Å². The van der Waals surface area contributed by atoms with Gasteiger partial charge in [-0.15, -0.1) is 0 Å². The van der Waals surface area contributed by atoms with E-state index in [1.54, 1.807) is 20.8 Å². The number of halogens is 3. The molecule has 0 spiro atoms. The predicted octanol–water partition coefficient (Wildman–Crippen LogP) is 1.51. The zero-order valence-corrected chi connectivity index (χ0v) is 28.9. The van der Waals surface area contributed by atoms with Crippen LogP contribution in [-0.2, 0) is 29.2 Å². The number of piperidine rings is 1. The van der Waals surface area contributed by atoms with Crippen LogP contribution in [0.5, 0.6) is 0 Å². The van der Waals surface area contributed by atoms with Crippen molar-refractivity contribution in [2.75, 3.05) is 32.4 Å². The third-order valence-corrected chi connectivity index (χ3v) is 11.3. The van der Waals surface area contributed by atoms with Gasteiger partial charge in [0.1, 0.15) is 12.1 Å². The van der Waals surface area contributed by atoms with E-state index in [0.717, 1.165) is 7.05 Å². The Bertz CT molecular complexity index is 1410. The summed E-state index contributed by atoms with van der Waals surface area (Å²) in [5.41, 5.74) is -2.14. The number of likely N-dealkylation sites (N-methyl/N-ethyl adjacent to an activating group) is 1. The molecule has 0 unspecified atom stereocenters. The van der Waals surface area contributed by atoms with Gasteiger partial charge in [-0.05, 0) is 41.1 Å². The van der Waals surface area contributed by atoms with E-state index < -0.39 is 92.7 Å². The summed E-state index contributed by atoms with van der Waals surface area (Å²) in [7, 11) is -2.30. The van der Waals surface area contributed by atoms with E-state index >= 15 is 0 Å². The number of rotatable bonds is 11. The van der Waals surface area contributed by atoms with Crippen molar-refractivity contribution < 1.29 is 45.6 Å². The van der Waals surface area contributed by atoms with Crippen LogP contribution >= 0.6 is 0 Å². The number of hydrogen-bond acceptors (Lipinski definition) is 7. The fourth-order valence-electron chi connectivity index (χ4n) is 6.37. The Kier molecular flexibility index (Phi) is 11.2. The van der Waals surface area contributed by atoms with Gasteiger partial charge in [0, 0.05) is 32.7 Å². The Labute approximate surface area is 273 Å². The number of fused-ring (bicyclic) bond motifs is 1. The van der Waals surface area contributed by atoms with Gasteiger partial charge in [-0.2, -0.15) is 17.5 Å². The van der Waals surface area contributed by atoms with Gasteiger partial charge in [0.2, 0.25) is 21.8 Å². The van der Waals surface area contributed by atoms with E-state index in [-0.39, 0.29) is 30.7 Å². The lowest BCUT2D eigenvalue weighted by Gasteiger charge is -2.38. The minimum Gasteiger partial charge on any atom is -0.352 e. The minimum absolute atomic E-state index is 0.0353. The van der Waals surface area contributed by atoms with Crippen LogP contribution in [0.2, 0.25) is 0 Å². The van der Waals surface area contributed by atoms with Crippen LogP contribution in [0.15, 0.2) is 11.8 Å². The van der Waals surface area contributed by atoms with Crippen LogP contribution in [-0.4, -0.2) is 104 Å². The first-order valence-electron chi connectivity index (χ1n) is 15.6. The first kappa shape index (κ1) is 38.2. The van der Waals surface area contributed by atoms with Crippen LogP contribution in [0, 0.1) is 28.6 Å². The third-order valence-electron chi connectivity index (χ3n) is 9.35. The monoisotopic (exact) mass is 692 g/mol. The van der Waals surface area contributed by atoms with Gasteiger partial charge in [0.15, 0.2) is 0 Å². The van der Waals surface area contributed by atoms with Crippen LogP contribution in [0.1, 0.15) is 61.3 Å². The highest BCUT2D eigenvalue weighted by Crippen LogP contribution is 2.65.